The van der Waals surface area contributed by atoms with Gasteiger partial charge in [0.05, 0.1) is 11.6 Å². The molecule has 2 rings (SSSR count). The number of alkyl halides is 1. The quantitative estimate of drug-likeness (QED) is 0.778. The van der Waals surface area contributed by atoms with E-state index >= 15 is 0 Å². The highest BCUT2D eigenvalue weighted by atomic mass is 35.5. The van der Waals surface area contributed by atoms with Gasteiger partial charge in [-0.3, -0.25) is 9.97 Å². The molecule has 17 heavy (non-hydrogen) atoms. The minimum absolute atomic E-state index is 0.377. The Bertz CT molecular complexity index is 529. The predicted octanol–water partition coefficient (Wildman–Crippen LogP) is 3.62. The van der Waals surface area contributed by atoms with Crippen molar-refractivity contribution >= 4 is 11.6 Å². The summed E-state index contributed by atoms with van der Waals surface area (Å²) in [5.41, 5.74) is 2.62. The van der Waals surface area contributed by atoms with Crippen LogP contribution in [0.2, 0.25) is 0 Å². The molecule has 0 bridgehead atoms. The number of aromatic nitrogens is 2. The lowest BCUT2D eigenvalue weighted by atomic mass is 10.2. The van der Waals surface area contributed by atoms with Crippen LogP contribution in [0.3, 0.4) is 0 Å². The third-order valence-corrected chi connectivity index (χ3v) is 2.69. The number of hydrogen-bond donors (Lipinski definition) is 0. The maximum absolute atomic E-state index is 5.85. The topological polar surface area (TPSA) is 35.0 Å². The Hall–Kier alpha value is -1.61. The van der Waals surface area contributed by atoms with Crippen molar-refractivity contribution in [3.05, 3.63) is 47.5 Å². The maximum Gasteiger partial charge on any atom is 0.148 e. The van der Waals surface area contributed by atoms with Gasteiger partial charge in [-0.25, -0.2) is 0 Å². The highest BCUT2D eigenvalue weighted by molar-refractivity contribution is 6.17. The summed E-state index contributed by atoms with van der Waals surface area (Å²) in [5.74, 6) is 1.86. The number of halogens is 1. The van der Waals surface area contributed by atoms with E-state index in [0.717, 1.165) is 28.5 Å². The smallest absolute Gasteiger partial charge is 0.148 e. The van der Waals surface area contributed by atoms with Crippen LogP contribution >= 0.6 is 11.6 Å². The SMILES string of the molecule is Cc1cc(Oc2cccnc2C)c(CCl)cn1. The van der Waals surface area contributed by atoms with Crippen molar-refractivity contribution in [3.63, 3.8) is 0 Å². The number of hydrogen-bond acceptors (Lipinski definition) is 3. The van der Waals surface area contributed by atoms with Gasteiger partial charge in [0.2, 0.25) is 0 Å². The monoisotopic (exact) mass is 248 g/mol. The van der Waals surface area contributed by atoms with Crippen LogP contribution in [-0.2, 0) is 5.88 Å². The summed E-state index contributed by atoms with van der Waals surface area (Å²) in [4.78, 5) is 8.37. The van der Waals surface area contributed by atoms with Crippen LogP contribution in [0.15, 0.2) is 30.6 Å². The van der Waals surface area contributed by atoms with Crippen molar-refractivity contribution < 1.29 is 4.74 Å². The Kier molecular flexibility index (Phi) is 3.59. The number of ether oxygens (including phenoxy) is 1. The Morgan fingerprint density at radius 1 is 1.24 bits per heavy atom. The summed E-state index contributed by atoms with van der Waals surface area (Å²) in [5, 5.41) is 0. The molecule has 0 aromatic carbocycles. The van der Waals surface area contributed by atoms with Crippen LogP contribution in [0.4, 0.5) is 0 Å². The molecule has 0 unspecified atom stereocenters. The molecule has 0 N–H and O–H groups in total. The van der Waals surface area contributed by atoms with E-state index in [1.165, 1.54) is 0 Å². The van der Waals surface area contributed by atoms with Crippen LogP contribution in [0.5, 0.6) is 11.5 Å². The standard InChI is InChI=1S/C13H13ClN2O/c1-9-6-13(11(7-14)8-16-9)17-12-4-3-5-15-10(12)2/h3-6,8H,7H2,1-2H3. The van der Waals surface area contributed by atoms with Crippen molar-refractivity contribution in [3.8, 4) is 11.5 Å². The van der Waals surface area contributed by atoms with E-state index in [2.05, 4.69) is 9.97 Å². The first-order valence-corrected chi connectivity index (χ1v) is 5.85. The van der Waals surface area contributed by atoms with E-state index < -0.39 is 0 Å². The van der Waals surface area contributed by atoms with E-state index in [0.29, 0.717) is 5.88 Å². The molecule has 4 heteroatoms. The molecule has 0 saturated heterocycles. The van der Waals surface area contributed by atoms with Gasteiger partial charge in [-0.1, -0.05) is 0 Å². The Labute approximate surface area is 105 Å². The zero-order valence-electron chi connectivity index (χ0n) is 9.77. The molecule has 0 saturated carbocycles. The van der Waals surface area contributed by atoms with Crippen LogP contribution in [-0.4, -0.2) is 9.97 Å². The lowest BCUT2D eigenvalue weighted by Crippen LogP contribution is -1.95. The first-order chi connectivity index (χ1) is 8.20. The fraction of sp³-hybridized carbons (Fsp3) is 0.231. The fourth-order valence-electron chi connectivity index (χ4n) is 1.45. The van der Waals surface area contributed by atoms with Gasteiger partial charge in [-0.05, 0) is 26.0 Å². The molecular weight excluding hydrogens is 236 g/mol. The summed E-state index contributed by atoms with van der Waals surface area (Å²) in [6, 6.07) is 5.61. The normalized spacial score (nSPS) is 10.3. The first kappa shape index (κ1) is 11.9. The van der Waals surface area contributed by atoms with Crippen LogP contribution < -0.4 is 4.74 Å². The number of rotatable bonds is 3. The van der Waals surface area contributed by atoms with Gasteiger partial charge in [0, 0.05) is 29.7 Å². The summed E-state index contributed by atoms with van der Waals surface area (Å²) in [6.45, 7) is 3.82. The van der Waals surface area contributed by atoms with Crippen molar-refractivity contribution in [2.45, 2.75) is 19.7 Å². The molecule has 0 fully saturated rings. The third kappa shape index (κ3) is 2.74. The highest BCUT2D eigenvalue weighted by Crippen LogP contribution is 2.27. The fourth-order valence-corrected chi connectivity index (χ4v) is 1.65. The molecule has 0 spiro atoms. The molecule has 3 nitrogen and oxygen atoms in total. The molecule has 0 atom stereocenters. The molecular formula is C13H13ClN2O. The number of nitrogens with zero attached hydrogens (tertiary/aromatic N) is 2. The largest absolute Gasteiger partial charge is 0.455 e. The number of pyridine rings is 2. The van der Waals surface area contributed by atoms with Crippen molar-refractivity contribution in [1.82, 2.24) is 9.97 Å². The Morgan fingerprint density at radius 2 is 2.06 bits per heavy atom. The minimum Gasteiger partial charge on any atom is -0.455 e. The van der Waals surface area contributed by atoms with E-state index in [1.54, 1.807) is 12.4 Å². The molecule has 0 aliphatic heterocycles. The Balaban J connectivity index is 2.35. The zero-order chi connectivity index (χ0) is 12.3. The first-order valence-electron chi connectivity index (χ1n) is 5.31. The van der Waals surface area contributed by atoms with Gasteiger partial charge in [-0.15, -0.1) is 11.6 Å². The number of aryl methyl sites for hydroxylation is 2. The minimum atomic E-state index is 0.377. The molecule has 2 heterocycles. The second-order valence-electron chi connectivity index (χ2n) is 3.76. The highest BCUT2D eigenvalue weighted by Gasteiger charge is 2.07. The van der Waals surface area contributed by atoms with E-state index in [4.69, 9.17) is 16.3 Å². The summed E-state index contributed by atoms with van der Waals surface area (Å²) in [7, 11) is 0. The van der Waals surface area contributed by atoms with Gasteiger partial charge in [0.1, 0.15) is 11.5 Å². The summed E-state index contributed by atoms with van der Waals surface area (Å²) < 4.78 is 5.83. The second kappa shape index (κ2) is 5.15. The van der Waals surface area contributed by atoms with Crippen molar-refractivity contribution in [2.24, 2.45) is 0 Å². The van der Waals surface area contributed by atoms with E-state index in [1.807, 2.05) is 32.0 Å². The van der Waals surface area contributed by atoms with Crippen molar-refractivity contribution in [1.29, 1.82) is 0 Å². The second-order valence-corrected chi connectivity index (χ2v) is 4.02. The summed E-state index contributed by atoms with van der Waals surface area (Å²) in [6.07, 6.45) is 3.48. The average molecular weight is 249 g/mol. The van der Waals surface area contributed by atoms with Crippen LogP contribution in [0, 0.1) is 13.8 Å². The predicted molar refractivity (Wildman–Crippen MR) is 67.6 cm³/mol. The molecule has 0 radical (unpaired) electrons. The lowest BCUT2D eigenvalue weighted by Gasteiger charge is -2.11. The third-order valence-electron chi connectivity index (χ3n) is 2.40. The molecule has 2 aromatic rings. The van der Waals surface area contributed by atoms with Crippen molar-refractivity contribution in [2.75, 3.05) is 0 Å². The lowest BCUT2D eigenvalue weighted by molar-refractivity contribution is 0.470. The van der Waals surface area contributed by atoms with E-state index in [9.17, 15) is 0 Å². The summed E-state index contributed by atoms with van der Waals surface area (Å²) >= 11 is 5.85. The molecule has 2 aromatic heterocycles. The van der Waals surface area contributed by atoms with Crippen LogP contribution in [0.1, 0.15) is 17.0 Å². The van der Waals surface area contributed by atoms with E-state index in [-0.39, 0.29) is 0 Å². The van der Waals surface area contributed by atoms with Gasteiger partial charge < -0.3 is 4.74 Å². The van der Waals surface area contributed by atoms with Gasteiger partial charge in [0.15, 0.2) is 0 Å². The van der Waals surface area contributed by atoms with Gasteiger partial charge in [0.25, 0.3) is 0 Å². The Morgan fingerprint density at radius 3 is 2.76 bits per heavy atom. The zero-order valence-corrected chi connectivity index (χ0v) is 10.5. The average Bonchev–Trinajstić information content (AvgIpc) is 2.32. The molecule has 88 valence electrons. The molecule has 0 amide bonds. The van der Waals surface area contributed by atoms with Crippen LogP contribution in [0.25, 0.3) is 0 Å². The van der Waals surface area contributed by atoms with Gasteiger partial charge in [-0.2, -0.15) is 0 Å². The molecule has 0 aliphatic rings. The van der Waals surface area contributed by atoms with Gasteiger partial charge >= 0.3 is 0 Å². The maximum atomic E-state index is 5.85. The molecule has 0 aliphatic carbocycles.